The van der Waals surface area contributed by atoms with Gasteiger partial charge in [-0.05, 0) is 0 Å². The fourth-order valence-electron chi connectivity index (χ4n) is 0.537. The zero-order valence-corrected chi connectivity index (χ0v) is 7.45. The molecule has 0 aliphatic carbocycles. The number of hydrogen-bond acceptors (Lipinski definition) is 5. The van der Waals surface area contributed by atoms with E-state index in [-0.39, 0.29) is 0 Å². The molecular formula is C4H6IN3O2. The van der Waals surface area contributed by atoms with Crippen LogP contribution in [0.3, 0.4) is 0 Å². The second kappa shape index (κ2) is 3.04. The van der Waals surface area contributed by atoms with Crippen molar-refractivity contribution in [1.82, 2.24) is 8.54 Å². The maximum absolute atomic E-state index is 10.8. The summed E-state index contributed by atoms with van der Waals surface area (Å²) in [5.41, 5.74) is 2.64. The molecule has 0 fully saturated rings. The molecule has 6 heteroatoms. The Labute approximate surface area is 71.9 Å². The van der Waals surface area contributed by atoms with Crippen molar-refractivity contribution in [1.29, 1.82) is 0 Å². The van der Waals surface area contributed by atoms with Gasteiger partial charge in [0.15, 0.2) is 0 Å². The number of carbonyl (C=O) groups excluding carboxylic acids is 1. The van der Waals surface area contributed by atoms with Crippen LogP contribution in [0.2, 0.25) is 0 Å². The van der Waals surface area contributed by atoms with Crippen molar-refractivity contribution < 1.29 is 9.53 Å². The highest BCUT2D eigenvalue weighted by atomic mass is 127. The van der Waals surface area contributed by atoms with Crippen molar-refractivity contribution in [3.63, 3.8) is 0 Å². The normalized spacial score (nSPS) is 16.2. The minimum atomic E-state index is -0.417. The first kappa shape index (κ1) is 7.58. The Bertz CT molecular complexity index is 181. The number of hydrazone groups is 1. The predicted molar refractivity (Wildman–Crippen MR) is 43.3 cm³/mol. The van der Waals surface area contributed by atoms with Gasteiger partial charge in [-0.3, -0.25) is 8.54 Å². The summed E-state index contributed by atoms with van der Waals surface area (Å²) in [4.78, 5) is 10.8. The first-order valence-corrected chi connectivity index (χ1v) is 3.54. The summed E-state index contributed by atoms with van der Waals surface area (Å²) in [5.74, 6) is -0.109. The Morgan fingerprint density at radius 2 is 2.70 bits per heavy atom. The van der Waals surface area contributed by atoms with E-state index in [1.807, 2.05) is 22.9 Å². The van der Waals surface area contributed by atoms with Gasteiger partial charge in [0.2, 0.25) is 5.84 Å². The van der Waals surface area contributed by atoms with Crippen molar-refractivity contribution in [2.75, 3.05) is 13.8 Å². The maximum atomic E-state index is 10.8. The maximum Gasteiger partial charge on any atom is 0.376 e. The monoisotopic (exact) mass is 255 g/mol. The van der Waals surface area contributed by atoms with E-state index in [0.717, 1.165) is 0 Å². The van der Waals surface area contributed by atoms with E-state index in [2.05, 4.69) is 15.3 Å². The van der Waals surface area contributed by atoms with Gasteiger partial charge < -0.3 is 4.74 Å². The van der Waals surface area contributed by atoms with Crippen LogP contribution < -0.4 is 5.43 Å². The summed E-state index contributed by atoms with van der Waals surface area (Å²) in [6.45, 7) is 0.547. The molecule has 10 heavy (non-hydrogen) atoms. The van der Waals surface area contributed by atoms with Crippen LogP contribution in [0.15, 0.2) is 5.10 Å². The van der Waals surface area contributed by atoms with Crippen LogP contribution in [0.25, 0.3) is 0 Å². The van der Waals surface area contributed by atoms with Crippen LogP contribution in [0.4, 0.5) is 0 Å². The fourth-order valence-corrected chi connectivity index (χ4v) is 0.995. The number of methoxy groups -OCH3 is 1. The molecule has 56 valence electrons. The summed E-state index contributed by atoms with van der Waals surface area (Å²) in [5, 5.41) is 3.70. The highest BCUT2D eigenvalue weighted by molar-refractivity contribution is 14.1. The minimum absolute atomic E-state index is 0.308. The van der Waals surface area contributed by atoms with Crippen molar-refractivity contribution in [2.45, 2.75) is 0 Å². The van der Waals surface area contributed by atoms with Gasteiger partial charge in [0, 0.05) is 0 Å². The smallest absolute Gasteiger partial charge is 0.376 e. The lowest BCUT2D eigenvalue weighted by molar-refractivity contribution is -0.133. The van der Waals surface area contributed by atoms with Crippen LogP contribution in [0.1, 0.15) is 0 Å². The van der Waals surface area contributed by atoms with Crippen LogP contribution in [-0.4, -0.2) is 28.7 Å². The Kier molecular flexibility index (Phi) is 2.30. The molecule has 0 bridgehead atoms. The zero-order valence-electron chi connectivity index (χ0n) is 5.30. The second-order valence-corrected chi connectivity index (χ2v) is 2.77. The van der Waals surface area contributed by atoms with Crippen LogP contribution >= 0.6 is 22.9 Å². The van der Waals surface area contributed by atoms with Gasteiger partial charge in [-0.1, -0.05) is 0 Å². The molecule has 0 aromatic carbocycles. The van der Waals surface area contributed by atoms with E-state index in [1.54, 1.807) is 3.11 Å². The number of hydrogen-bond donors (Lipinski definition) is 1. The largest absolute Gasteiger partial charge is 0.463 e. The molecule has 0 unspecified atom stereocenters. The van der Waals surface area contributed by atoms with Crippen LogP contribution in [0.5, 0.6) is 0 Å². The van der Waals surface area contributed by atoms with Crippen molar-refractivity contribution in [3.05, 3.63) is 0 Å². The van der Waals surface area contributed by atoms with Gasteiger partial charge in [-0.15, -0.1) is 0 Å². The number of nitrogens with one attached hydrogen (secondary N) is 1. The molecule has 0 amide bonds. The number of carbonyl (C=O) groups is 1. The topological polar surface area (TPSA) is 53.9 Å². The molecule has 0 aromatic heterocycles. The summed E-state index contributed by atoms with van der Waals surface area (Å²) >= 11 is 1.97. The van der Waals surface area contributed by atoms with Gasteiger partial charge in [0.25, 0.3) is 0 Å². The van der Waals surface area contributed by atoms with Gasteiger partial charge in [0.1, 0.15) is 6.67 Å². The molecule has 1 rings (SSSR count). The summed E-state index contributed by atoms with van der Waals surface area (Å²) < 4.78 is 6.09. The number of nitrogens with zero attached hydrogens (tertiary/aromatic N) is 2. The Morgan fingerprint density at radius 1 is 2.00 bits per heavy atom. The van der Waals surface area contributed by atoms with Crippen molar-refractivity contribution in [2.24, 2.45) is 5.10 Å². The fraction of sp³-hybridized carbons (Fsp3) is 0.500. The van der Waals surface area contributed by atoms with E-state index >= 15 is 0 Å². The number of ether oxygens (including phenoxy) is 1. The van der Waals surface area contributed by atoms with E-state index in [4.69, 9.17) is 0 Å². The standard InChI is InChI=1S/C4H6IN3O2/c1-10-4(9)3-7-6-2-8(3)5/h6H,2H2,1H3. The molecule has 1 N–H and O–H groups in total. The number of amidine groups is 1. The van der Waals surface area contributed by atoms with E-state index in [0.29, 0.717) is 12.5 Å². The van der Waals surface area contributed by atoms with Crippen molar-refractivity contribution >= 4 is 34.7 Å². The third-order valence-electron chi connectivity index (χ3n) is 0.992. The lowest BCUT2D eigenvalue weighted by atomic mass is 10.6. The molecule has 0 aromatic rings. The zero-order chi connectivity index (χ0) is 7.56. The van der Waals surface area contributed by atoms with E-state index in [9.17, 15) is 4.79 Å². The van der Waals surface area contributed by atoms with E-state index in [1.165, 1.54) is 7.11 Å². The van der Waals surface area contributed by atoms with Crippen LogP contribution in [-0.2, 0) is 9.53 Å². The molecule has 5 nitrogen and oxygen atoms in total. The lowest BCUT2D eigenvalue weighted by Crippen LogP contribution is -2.26. The highest BCUT2D eigenvalue weighted by Gasteiger charge is 2.22. The van der Waals surface area contributed by atoms with E-state index < -0.39 is 5.97 Å². The summed E-state index contributed by atoms with van der Waals surface area (Å²) in [6.07, 6.45) is 0. The average molecular weight is 255 g/mol. The third-order valence-corrected chi connectivity index (χ3v) is 1.79. The van der Waals surface area contributed by atoms with Gasteiger partial charge >= 0.3 is 5.97 Å². The Hall–Kier alpha value is -0.530. The molecule has 0 spiro atoms. The number of esters is 1. The number of rotatable bonds is 1. The molecular weight excluding hydrogens is 249 g/mol. The third kappa shape index (κ3) is 1.31. The minimum Gasteiger partial charge on any atom is -0.463 e. The molecule has 0 saturated carbocycles. The number of halogens is 1. The Balaban J connectivity index is 2.63. The molecule has 0 atom stereocenters. The van der Waals surface area contributed by atoms with Crippen LogP contribution in [0, 0.1) is 0 Å². The first-order chi connectivity index (χ1) is 4.75. The average Bonchev–Trinajstić information content (AvgIpc) is 2.34. The summed E-state index contributed by atoms with van der Waals surface area (Å²) in [6, 6.07) is 0. The molecule has 0 radical (unpaired) electrons. The van der Waals surface area contributed by atoms with Gasteiger partial charge in [-0.2, -0.15) is 5.10 Å². The molecule has 1 aliphatic rings. The quantitative estimate of drug-likeness (QED) is 0.396. The molecule has 1 heterocycles. The van der Waals surface area contributed by atoms with Gasteiger partial charge in [0.05, 0.1) is 30.0 Å². The van der Waals surface area contributed by atoms with Crippen molar-refractivity contribution in [3.8, 4) is 0 Å². The summed E-state index contributed by atoms with van der Waals surface area (Å²) in [7, 11) is 1.33. The molecule has 1 aliphatic heterocycles. The SMILES string of the molecule is COC(=O)C1=NNCN1I. The Morgan fingerprint density at radius 3 is 3.10 bits per heavy atom. The predicted octanol–water partition coefficient (Wildman–Crippen LogP) is -0.314. The molecule has 0 saturated heterocycles. The van der Waals surface area contributed by atoms with Gasteiger partial charge in [-0.25, -0.2) is 4.79 Å². The first-order valence-electron chi connectivity index (χ1n) is 2.58. The second-order valence-electron chi connectivity index (χ2n) is 1.61. The lowest BCUT2D eigenvalue weighted by Gasteiger charge is -2.05. The highest BCUT2D eigenvalue weighted by Crippen LogP contribution is 2.04.